The van der Waals surface area contributed by atoms with Crippen molar-refractivity contribution in [3.05, 3.63) is 77.6 Å². The summed E-state index contributed by atoms with van der Waals surface area (Å²) in [5.41, 5.74) is 2.75. The van der Waals surface area contributed by atoms with Gasteiger partial charge in [0.25, 0.3) is 5.91 Å². The number of benzene rings is 3. The van der Waals surface area contributed by atoms with E-state index in [-0.39, 0.29) is 6.42 Å². The van der Waals surface area contributed by atoms with E-state index in [0.717, 1.165) is 33.2 Å². The normalized spacial score (nSPS) is 12.2. The summed E-state index contributed by atoms with van der Waals surface area (Å²) in [7, 11) is 0. The topological polar surface area (TPSA) is 95.1 Å². The first-order chi connectivity index (χ1) is 13.5. The van der Waals surface area contributed by atoms with Gasteiger partial charge in [0.15, 0.2) is 0 Å². The Morgan fingerprint density at radius 2 is 1.86 bits per heavy atom. The molecule has 1 aromatic heterocycles. The Bertz CT molecular complexity index is 1200. The maximum atomic E-state index is 12.6. The maximum absolute atomic E-state index is 12.6. The summed E-state index contributed by atoms with van der Waals surface area (Å²) in [6, 6.07) is 17.7. The van der Waals surface area contributed by atoms with Gasteiger partial charge < -0.3 is 15.4 Å². The zero-order valence-corrected chi connectivity index (χ0v) is 15.3. The molecule has 0 unspecified atom stereocenters. The van der Waals surface area contributed by atoms with Crippen LogP contribution in [0.1, 0.15) is 21.7 Å². The predicted molar refractivity (Wildman–Crippen MR) is 107 cm³/mol. The molecule has 1 atom stereocenters. The van der Waals surface area contributed by atoms with Crippen LogP contribution in [0.3, 0.4) is 0 Å². The minimum atomic E-state index is -1.07. The van der Waals surface area contributed by atoms with E-state index in [1.807, 2.05) is 49.4 Å². The summed E-state index contributed by atoms with van der Waals surface area (Å²) < 4.78 is 0. The van der Waals surface area contributed by atoms with Gasteiger partial charge in [-0.15, -0.1) is 0 Å². The number of hydrogen-bond acceptors (Lipinski definition) is 3. The molecule has 0 aliphatic heterocycles. The molecule has 0 aliphatic carbocycles. The van der Waals surface area contributed by atoms with Crippen molar-refractivity contribution >= 4 is 33.7 Å². The van der Waals surface area contributed by atoms with E-state index in [0.29, 0.717) is 5.56 Å². The van der Waals surface area contributed by atoms with Crippen molar-refractivity contribution in [2.45, 2.75) is 19.4 Å². The van der Waals surface area contributed by atoms with Crippen LogP contribution in [-0.4, -0.2) is 33.0 Å². The highest BCUT2D eigenvalue weighted by atomic mass is 16.4. The third kappa shape index (κ3) is 3.57. The van der Waals surface area contributed by atoms with Crippen molar-refractivity contribution < 1.29 is 14.7 Å². The standard InChI is InChI=1S/C22H19N3O3/c1-13-23-18-9-8-17(12-19(18)24-13)21(26)25-20(22(27)28)11-14-6-7-15-4-2-3-5-16(15)10-14/h2-10,12,20H,11H2,1H3,(H,23,24)(H,25,26)(H,27,28)/t20-/m1/s1. The highest BCUT2D eigenvalue weighted by Gasteiger charge is 2.21. The number of carbonyl (C=O) groups excluding carboxylic acids is 1. The average molecular weight is 373 g/mol. The van der Waals surface area contributed by atoms with Gasteiger partial charge in [0.2, 0.25) is 0 Å². The van der Waals surface area contributed by atoms with E-state index in [9.17, 15) is 14.7 Å². The first-order valence-electron chi connectivity index (χ1n) is 8.97. The molecule has 0 saturated carbocycles. The number of nitrogens with zero attached hydrogens (tertiary/aromatic N) is 1. The molecule has 28 heavy (non-hydrogen) atoms. The number of rotatable bonds is 5. The lowest BCUT2D eigenvalue weighted by molar-refractivity contribution is -0.139. The Hall–Kier alpha value is -3.67. The highest BCUT2D eigenvalue weighted by Crippen LogP contribution is 2.17. The number of hydrogen-bond donors (Lipinski definition) is 3. The first-order valence-corrected chi connectivity index (χ1v) is 8.97. The molecule has 1 amide bonds. The lowest BCUT2D eigenvalue weighted by atomic mass is 10.0. The number of amides is 1. The van der Waals surface area contributed by atoms with Gasteiger partial charge in [-0.2, -0.15) is 0 Å². The summed E-state index contributed by atoms with van der Waals surface area (Å²) in [6.07, 6.45) is 0.206. The van der Waals surface area contributed by atoms with E-state index in [1.165, 1.54) is 0 Å². The molecule has 0 saturated heterocycles. The number of carbonyl (C=O) groups is 2. The quantitative estimate of drug-likeness (QED) is 0.499. The lowest BCUT2D eigenvalue weighted by Crippen LogP contribution is -2.42. The number of imidazole rings is 1. The molecule has 0 aliphatic rings. The highest BCUT2D eigenvalue weighted by molar-refractivity contribution is 5.99. The van der Waals surface area contributed by atoms with E-state index < -0.39 is 17.9 Å². The van der Waals surface area contributed by atoms with Crippen molar-refractivity contribution in [2.75, 3.05) is 0 Å². The number of carboxylic acids is 1. The summed E-state index contributed by atoms with van der Waals surface area (Å²) in [5, 5.41) is 14.3. The van der Waals surface area contributed by atoms with Gasteiger partial charge in [-0.1, -0.05) is 42.5 Å². The number of fused-ring (bicyclic) bond motifs is 2. The second-order valence-electron chi connectivity index (χ2n) is 6.80. The molecule has 1 heterocycles. The Morgan fingerprint density at radius 3 is 2.64 bits per heavy atom. The van der Waals surface area contributed by atoms with E-state index in [4.69, 9.17) is 0 Å². The molecule has 0 bridgehead atoms. The van der Waals surface area contributed by atoms with Gasteiger partial charge in [-0.05, 0) is 41.5 Å². The molecule has 3 aromatic carbocycles. The van der Waals surface area contributed by atoms with Gasteiger partial charge >= 0.3 is 5.97 Å². The van der Waals surface area contributed by atoms with Gasteiger partial charge in [0.1, 0.15) is 11.9 Å². The van der Waals surface area contributed by atoms with Crippen molar-refractivity contribution in [1.82, 2.24) is 15.3 Å². The molecular formula is C22H19N3O3. The minimum Gasteiger partial charge on any atom is -0.480 e. The molecule has 0 fully saturated rings. The summed E-state index contributed by atoms with van der Waals surface area (Å²) in [4.78, 5) is 31.7. The van der Waals surface area contributed by atoms with Crippen LogP contribution in [0.2, 0.25) is 0 Å². The van der Waals surface area contributed by atoms with E-state index >= 15 is 0 Å². The van der Waals surface area contributed by atoms with Crippen LogP contribution in [0.15, 0.2) is 60.7 Å². The van der Waals surface area contributed by atoms with Gasteiger partial charge in [0.05, 0.1) is 11.0 Å². The van der Waals surface area contributed by atoms with E-state index in [1.54, 1.807) is 18.2 Å². The third-order valence-electron chi connectivity index (χ3n) is 4.72. The maximum Gasteiger partial charge on any atom is 0.326 e. The van der Waals surface area contributed by atoms with Gasteiger partial charge in [-0.25, -0.2) is 9.78 Å². The average Bonchev–Trinajstić information content (AvgIpc) is 3.06. The van der Waals surface area contributed by atoms with Gasteiger partial charge in [-0.3, -0.25) is 4.79 Å². The Kier molecular flexibility index (Phi) is 4.53. The smallest absolute Gasteiger partial charge is 0.326 e. The van der Waals surface area contributed by atoms with Crippen LogP contribution in [0.4, 0.5) is 0 Å². The van der Waals surface area contributed by atoms with Crippen LogP contribution >= 0.6 is 0 Å². The number of aromatic amines is 1. The Labute approximate surface area is 161 Å². The molecule has 0 spiro atoms. The molecule has 6 nitrogen and oxygen atoms in total. The number of nitrogens with one attached hydrogen (secondary N) is 2. The number of aryl methyl sites for hydroxylation is 1. The summed E-state index contributed by atoms with van der Waals surface area (Å²) in [6.45, 7) is 1.84. The van der Waals surface area contributed by atoms with Crippen molar-refractivity contribution in [3.63, 3.8) is 0 Å². The second-order valence-corrected chi connectivity index (χ2v) is 6.80. The van der Waals surface area contributed by atoms with Crippen molar-refractivity contribution in [1.29, 1.82) is 0 Å². The Balaban J connectivity index is 1.54. The van der Waals surface area contributed by atoms with Crippen molar-refractivity contribution in [2.24, 2.45) is 0 Å². The number of aliphatic carboxylic acids is 1. The predicted octanol–water partition coefficient (Wildman–Crippen LogP) is 3.45. The van der Waals surface area contributed by atoms with Gasteiger partial charge in [0, 0.05) is 12.0 Å². The van der Waals surface area contributed by atoms with Crippen LogP contribution in [0.5, 0.6) is 0 Å². The van der Waals surface area contributed by atoms with Crippen LogP contribution in [0.25, 0.3) is 21.8 Å². The van der Waals surface area contributed by atoms with Crippen LogP contribution in [-0.2, 0) is 11.2 Å². The molecule has 4 aromatic rings. The molecule has 0 radical (unpaired) electrons. The molecule has 6 heteroatoms. The lowest BCUT2D eigenvalue weighted by Gasteiger charge is -2.15. The third-order valence-corrected chi connectivity index (χ3v) is 4.72. The number of aromatic nitrogens is 2. The molecular weight excluding hydrogens is 354 g/mol. The largest absolute Gasteiger partial charge is 0.480 e. The number of H-pyrrole nitrogens is 1. The summed E-state index contributed by atoms with van der Waals surface area (Å²) in [5.74, 6) is -0.741. The SMILES string of the molecule is Cc1nc2ccc(C(=O)N[C@H](Cc3ccc4ccccc4c3)C(=O)O)cc2[nH]1. The zero-order chi connectivity index (χ0) is 19.7. The molecule has 3 N–H and O–H groups in total. The Morgan fingerprint density at radius 1 is 1.07 bits per heavy atom. The van der Waals surface area contributed by atoms with Crippen molar-refractivity contribution in [3.8, 4) is 0 Å². The first kappa shape index (κ1) is 17.7. The second kappa shape index (κ2) is 7.15. The monoisotopic (exact) mass is 373 g/mol. The molecule has 140 valence electrons. The fourth-order valence-electron chi connectivity index (χ4n) is 3.32. The van der Waals surface area contributed by atoms with E-state index in [2.05, 4.69) is 15.3 Å². The molecule has 4 rings (SSSR count). The van der Waals surface area contributed by atoms with Crippen LogP contribution < -0.4 is 5.32 Å². The fraction of sp³-hybridized carbons (Fsp3) is 0.136. The minimum absolute atomic E-state index is 0.206. The summed E-state index contributed by atoms with van der Waals surface area (Å²) >= 11 is 0. The number of carboxylic acid groups (broad SMARTS) is 1. The zero-order valence-electron chi connectivity index (χ0n) is 15.3. The fourth-order valence-corrected chi connectivity index (χ4v) is 3.32. The van der Waals surface area contributed by atoms with Crippen LogP contribution in [0, 0.1) is 6.92 Å².